The minimum atomic E-state index is -3.27. The van der Waals surface area contributed by atoms with Crippen LogP contribution in [0.3, 0.4) is 0 Å². The molecule has 0 aromatic rings. The highest BCUT2D eigenvalue weighted by atomic mass is 32.2. The zero-order valence-corrected chi connectivity index (χ0v) is 11.8. The molecule has 1 rings (SSSR count). The second-order valence-electron chi connectivity index (χ2n) is 5.37. The summed E-state index contributed by atoms with van der Waals surface area (Å²) < 4.78 is 30.7. The van der Waals surface area contributed by atoms with Crippen LogP contribution >= 0.6 is 0 Å². The van der Waals surface area contributed by atoms with E-state index in [0.717, 1.165) is 24.7 Å². The fourth-order valence-electron chi connectivity index (χ4n) is 2.03. The Balaban J connectivity index is 2.51. The molecule has 0 N–H and O–H groups in total. The van der Waals surface area contributed by atoms with Gasteiger partial charge in [0.1, 0.15) is 0 Å². The third-order valence-electron chi connectivity index (χ3n) is 2.85. The highest BCUT2D eigenvalue weighted by molar-refractivity contribution is 7.92. The predicted octanol–water partition coefficient (Wildman–Crippen LogP) is 2.13. The summed E-state index contributed by atoms with van der Waals surface area (Å²) in [6, 6.07) is 0.0698. The first-order chi connectivity index (χ1) is 7.76. The Morgan fingerprint density at radius 1 is 1.47 bits per heavy atom. The number of hydrogen-bond donors (Lipinski definition) is 0. The third-order valence-corrected chi connectivity index (χ3v) is 4.40. The lowest BCUT2D eigenvalue weighted by Gasteiger charge is -2.25. The molecule has 1 heterocycles. The van der Waals surface area contributed by atoms with Gasteiger partial charge in [-0.05, 0) is 40.0 Å². The largest absolute Gasteiger partial charge is 0.376 e. The van der Waals surface area contributed by atoms with E-state index in [4.69, 9.17) is 4.74 Å². The quantitative estimate of drug-likeness (QED) is 0.761. The van der Waals surface area contributed by atoms with Crippen molar-refractivity contribution in [1.82, 2.24) is 4.31 Å². The van der Waals surface area contributed by atoms with E-state index < -0.39 is 10.0 Å². The first-order valence-corrected chi connectivity index (χ1v) is 7.55. The average molecular weight is 261 g/mol. The van der Waals surface area contributed by atoms with Crippen molar-refractivity contribution in [3.8, 4) is 0 Å². The normalized spacial score (nSPS) is 22.9. The van der Waals surface area contributed by atoms with Crippen LogP contribution in [0, 0.1) is 0 Å². The average Bonchev–Trinajstić information content (AvgIpc) is 2.65. The topological polar surface area (TPSA) is 46.6 Å². The zero-order chi connectivity index (χ0) is 13.1. The minimum absolute atomic E-state index is 0.0698. The zero-order valence-electron chi connectivity index (χ0n) is 11.0. The molecule has 1 aliphatic rings. The molecule has 0 bridgehead atoms. The van der Waals surface area contributed by atoms with Crippen molar-refractivity contribution in [2.24, 2.45) is 0 Å². The highest BCUT2D eigenvalue weighted by Crippen LogP contribution is 2.24. The van der Waals surface area contributed by atoms with E-state index in [9.17, 15) is 8.42 Å². The summed E-state index contributed by atoms with van der Waals surface area (Å²) in [7, 11) is -3.27. The van der Waals surface area contributed by atoms with Crippen LogP contribution in [0.25, 0.3) is 0 Å². The van der Waals surface area contributed by atoms with Crippen molar-refractivity contribution < 1.29 is 13.2 Å². The predicted molar refractivity (Wildman–Crippen MR) is 69.2 cm³/mol. The van der Waals surface area contributed by atoms with Crippen LogP contribution in [0.4, 0.5) is 0 Å². The summed E-state index contributed by atoms with van der Waals surface area (Å²) in [6.45, 7) is 10.6. The van der Waals surface area contributed by atoms with Crippen LogP contribution < -0.4 is 0 Å². The highest BCUT2D eigenvalue weighted by Gasteiger charge is 2.32. The summed E-state index contributed by atoms with van der Waals surface area (Å²) >= 11 is 0. The number of sulfonamides is 1. The Hall–Kier alpha value is -0.390. The maximum absolute atomic E-state index is 11.7. The number of nitrogens with zero attached hydrogens (tertiary/aromatic N) is 1. The summed E-state index contributed by atoms with van der Waals surface area (Å²) in [6.07, 6.45) is 2.60. The lowest BCUT2D eigenvalue weighted by Crippen LogP contribution is -2.35. The molecule has 0 spiro atoms. The van der Waals surface area contributed by atoms with Crippen LogP contribution in [0.2, 0.25) is 0 Å². The molecular formula is C12H23NO3S. The van der Waals surface area contributed by atoms with Crippen molar-refractivity contribution >= 4 is 10.0 Å². The number of ether oxygens (including phenoxy) is 1. The maximum atomic E-state index is 11.7. The van der Waals surface area contributed by atoms with E-state index in [1.54, 1.807) is 4.31 Å². The van der Waals surface area contributed by atoms with E-state index in [1.807, 2.05) is 20.8 Å². The van der Waals surface area contributed by atoms with Gasteiger partial charge in [-0.25, -0.2) is 8.42 Å². The van der Waals surface area contributed by atoms with Crippen LogP contribution in [0.15, 0.2) is 12.0 Å². The van der Waals surface area contributed by atoms with E-state index in [1.165, 1.54) is 0 Å². The van der Waals surface area contributed by atoms with Gasteiger partial charge in [0.25, 0.3) is 0 Å². The summed E-state index contributed by atoms with van der Waals surface area (Å²) in [5.74, 6) is 0. The maximum Gasteiger partial charge on any atom is 0.235 e. The SMILES string of the molecule is C=CS(=O)(=O)N1CCCC1CCOC(C)(C)C. The van der Waals surface area contributed by atoms with Gasteiger partial charge in [0, 0.05) is 24.6 Å². The van der Waals surface area contributed by atoms with Crippen molar-refractivity contribution in [1.29, 1.82) is 0 Å². The Morgan fingerprint density at radius 3 is 2.65 bits per heavy atom. The van der Waals surface area contributed by atoms with Gasteiger partial charge in [0.05, 0.1) is 5.60 Å². The molecule has 0 radical (unpaired) electrons. The van der Waals surface area contributed by atoms with Crippen LogP contribution in [0.1, 0.15) is 40.0 Å². The molecule has 1 fully saturated rings. The standard InChI is InChI=1S/C12H23NO3S/c1-5-17(14,15)13-9-6-7-11(13)8-10-16-12(2,3)4/h5,11H,1,6-10H2,2-4H3. The van der Waals surface area contributed by atoms with Crippen molar-refractivity contribution in [2.75, 3.05) is 13.2 Å². The molecule has 5 heteroatoms. The molecule has 0 amide bonds. The van der Waals surface area contributed by atoms with E-state index in [2.05, 4.69) is 6.58 Å². The smallest absolute Gasteiger partial charge is 0.235 e. The molecule has 4 nitrogen and oxygen atoms in total. The summed E-state index contributed by atoms with van der Waals surface area (Å²) in [5, 5.41) is 1.04. The monoisotopic (exact) mass is 261 g/mol. The first kappa shape index (κ1) is 14.7. The van der Waals surface area contributed by atoms with E-state index >= 15 is 0 Å². The van der Waals surface area contributed by atoms with Gasteiger partial charge in [-0.3, -0.25) is 0 Å². The fraction of sp³-hybridized carbons (Fsp3) is 0.833. The van der Waals surface area contributed by atoms with Crippen molar-refractivity contribution in [3.05, 3.63) is 12.0 Å². The third kappa shape index (κ3) is 4.41. The molecule has 0 aliphatic carbocycles. The Bertz CT molecular complexity index is 356. The van der Waals surface area contributed by atoms with Gasteiger partial charge in [0.2, 0.25) is 10.0 Å². The molecule has 1 unspecified atom stereocenters. The molecule has 100 valence electrons. The Morgan fingerprint density at radius 2 is 2.12 bits per heavy atom. The van der Waals surface area contributed by atoms with E-state index in [0.29, 0.717) is 13.2 Å². The molecule has 1 aliphatic heterocycles. The van der Waals surface area contributed by atoms with Gasteiger partial charge in [-0.1, -0.05) is 6.58 Å². The molecule has 0 aromatic carbocycles. The second kappa shape index (κ2) is 5.50. The summed E-state index contributed by atoms with van der Waals surface area (Å²) in [4.78, 5) is 0. The van der Waals surface area contributed by atoms with Crippen LogP contribution in [-0.4, -0.2) is 37.5 Å². The molecule has 17 heavy (non-hydrogen) atoms. The lowest BCUT2D eigenvalue weighted by molar-refractivity contribution is -0.00855. The molecule has 1 saturated heterocycles. The lowest BCUT2D eigenvalue weighted by atomic mass is 10.1. The van der Waals surface area contributed by atoms with Gasteiger partial charge < -0.3 is 4.74 Å². The van der Waals surface area contributed by atoms with Gasteiger partial charge in [-0.2, -0.15) is 4.31 Å². The number of hydrogen-bond acceptors (Lipinski definition) is 3. The second-order valence-corrected chi connectivity index (χ2v) is 7.20. The minimum Gasteiger partial charge on any atom is -0.376 e. The van der Waals surface area contributed by atoms with Crippen molar-refractivity contribution in [2.45, 2.75) is 51.7 Å². The first-order valence-electron chi connectivity index (χ1n) is 6.04. The van der Waals surface area contributed by atoms with Crippen LogP contribution in [-0.2, 0) is 14.8 Å². The number of rotatable bonds is 5. The molecule has 0 aromatic heterocycles. The Kier molecular flexibility index (Phi) is 4.75. The van der Waals surface area contributed by atoms with Crippen molar-refractivity contribution in [3.63, 3.8) is 0 Å². The van der Waals surface area contributed by atoms with E-state index in [-0.39, 0.29) is 11.6 Å². The fourth-order valence-corrected chi connectivity index (χ4v) is 3.23. The molecule has 1 atom stereocenters. The van der Waals surface area contributed by atoms with Crippen LogP contribution in [0.5, 0.6) is 0 Å². The summed E-state index contributed by atoms with van der Waals surface area (Å²) in [5.41, 5.74) is -0.166. The van der Waals surface area contributed by atoms with Gasteiger partial charge in [0.15, 0.2) is 0 Å². The Labute approximate surface area is 105 Å². The molecular weight excluding hydrogens is 238 g/mol. The molecule has 0 saturated carbocycles. The van der Waals surface area contributed by atoms with Gasteiger partial charge in [-0.15, -0.1) is 0 Å². The van der Waals surface area contributed by atoms with Gasteiger partial charge >= 0.3 is 0 Å².